The molecule has 0 bridgehead atoms. The molecule has 2 fully saturated rings. The molecule has 2 aliphatic rings. The zero-order chi connectivity index (χ0) is 22.2. The highest BCUT2D eigenvalue weighted by Crippen LogP contribution is 2.20. The first-order valence-electron chi connectivity index (χ1n) is 11.2. The molecule has 0 saturated carbocycles. The summed E-state index contributed by atoms with van der Waals surface area (Å²) in [6.45, 7) is 4.46. The van der Waals surface area contributed by atoms with Gasteiger partial charge in [0.15, 0.2) is 6.61 Å². The third-order valence-electron chi connectivity index (χ3n) is 5.86. The van der Waals surface area contributed by atoms with Crippen molar-refractivity contribution >= 4 is 11.8 Å². The molecule has 32 heavy (non-hydrogen) atoms. The van der Waals surface area contributed by atoms with Crippen LogP contribution in [0.5, 0.6) is 11.5 Å². The Balaban J connectivity index is 1.22. The number of carbonyl (C=O) groups is 2. The van der Waals surface area contributed by atoms with Crippen molar-refractivity contribution < 1.29 is 23.8 Å². The number of hydrogen-bond donors (Lipinski definition) is 0. The SMILES string of the molecule is O=C(COc1ccccc1)N1CCC[C@@H](COc2ccc(C(=O)N3CCOCC3)cc2)C1. The first-order valence-corrected chi connectivity index (χ1v) is 11.2. The minimum absolute atomic E-state index is 0.00420. The quantitative estimate of drug-likeness (QED) is 0.665. The van der Waals surface area contributed by atoms with E-state index in [1.165, 1.54) is 0 Å². The van der Waals surface area contributed by atoms with E-state index in [2.05, 4.69) is 0 Å². The topological polar surface area (TPSA) is 68.3 Å². The number of hydrogen-bond acceptors (Lipinski definition) is 5. The fourth-order valence-electron chi connectivity index (χ4n) is 4.04. The highest BCUT2D eigenvalue weighted by Gasteiger charge is 2.24. The Labute approximate surface area is 188 Å². The number of carbonyl (C=O) groups excluding carboxylic acids is 2. The van der Waals surface area contributed by atoms with E-state index in [0.29, 0.717) is 50.8 Å². The summed E-state index contributed by atoms with van der Waals surface area (Å²) >= 11 is 0. The average molecular weight is 439 g/mol. The van der Waals surface area contributed by atoms with E-state index in [1.807, 2.05) is 64.4 Å². The molecule has 7 nitrogen and oxygen atoms in total. The van der Waals surface area contributed by atoms with Gasteiger partial charge in [0, 0.05) is 37.7 Å². The smallest absolute Gasteiger partial charge is 0.260 e. The van der Waals surface area contributed by atoms with Crippen molar-refractivity contribution in [3.05, 3.63) is 60.2 Å². The molecule has 2 saturated heterocycles. The van der Waals surface area contributed by atoms with E-state index in [1.54, 1.807) is 0 Å². The minimum atomic E-state index is 0.00420. The molecule has 2 aromatic rings. The van der Waals surface area contributed by atoms with Crippen molar-refractivity contribution in [1.82, 2.24) is 9.80 Å². The predicted octanol–water partition coefficient (Wildman–Crippen LogP) is 2.86. The maximum atomic E-state index is 12.5. The largest absolute Gasteiger partial charge is 0.493 e. The van der Waals surface area contributed by atoms with Crippen LogP contribution in [-0.4, -0.2) is 74.2 Å². The van der Waals surface area contributed by atoms with Crippen molar-refractivity contribution in [2.45, 2.75) is 12.8 Å². The van der Waals surface area contributed by atoms with Crippen LogP contribution in [0.4, 0.5) is 0 Å². The van der Waals surface area contributed by atoms with Gasteiger partial charge in [0.2, 0.25) is 0 Å². The molecule has 0 aliphatic carbocycles. The molecule has 7 heteroatoms. The lowest BCUT2D eigenvalue weighted by Crippen LogP contribution is -2.43. The molecular formula is C25H30N2O5. The van der Waals surface area contributed by atoms with E-state index in [9.17, 15) is 9.59 Å². The molecule has 0 unspecified atom stereocenters. The molecule has 0 N–H and O–H groups in total. The summed E-state index contributed by atoms with van der Waals surface area (Å²) < 4.78 is 16.9. The molecule has 2 heterocycles. The summed E-state index contributed by atoms with van der Waals surface area (Å²) in [5, 5.41) is 0. The van der Waals surface area contributed by atoms with Gasteiger partial charge in [0.25, 0.3) is 11.8 Å². The van der Waals surface area contributed by atoms with Crippen molar-refractivity contribution in [3.8, 4) is 11.5 Å². The van der Waals surface area contributed by atoms with Crippen LogP contribution in [0.3, 0.4) is 0 Å². The number of nitrogens with zero attached hydrogens (tertiary/aromatic N) is 2. The van der Waals surface area contributed by atoms with Crippen LogP contribution in [0, 0.1) is 5.92 Å². The van der Waals surface area contributed by atoms with E-state index in [4.69, 9.17) is 14.2 Å². The third-order valence-corrected chi connectivity index (χ3v) is 5.86. The fraction of sp³-hybridized carbons (Fsp3) is 0.440. The number of likely N-dealkylation sites (tertiary alicyclic amines) is 1. The van der Waals surface area contributed by atoms with Gasteiger partial charge in [-0.2, -0.15) is 0 Å². The third kappa shape index (κ3) is 6.01. The van der Waals surface area contributed by atoms with Crippen molar-refractivity contribution in [3.63, 3.8) is 0 Å². The van der Waals surface area contributed by atoms with Crippen LogP contribution >= 0.6 is 0 Å². The predicted molar refractivity (Wildman–Crippen MR) is 120 cm³/mol. The van der Waals surface area contributed by atoms with Gasteiger partial charge in [-0.3, -0.25) is 9.59 Å². The van der Waals surface area contributed by atoms with Crippen LogP contribution in [0.2, 0.25) is 0 Å². The molecule has 0 aromatic heterocycles. The Kier molecular flexibility index (Phi) is 7.61. The lowest BCUT2D eigenvalue weighted by Gasteiger charge is -2.32. The molecule has 2 aromatic carbocycles. The summed E-state index contributed by atoms with van der Waals surface area (Å²) in [7, 11) is 0. The number of morpholine rings is 1. The first-order chi connectivity index (χ1) is 15.7. The number of piperidine rings is 1. The van der Waals surface area contributed by atoms with E-state index < -0.39 is 0 Å². The van der Waals surface area contributed by atoms with E-state index >= 15 is 0 Å². The second kappa shape index (κ2) is 11.0. The zero-order valence-corrected chi connectivity index (χ0v) is 18.3. The van der Waals surface area contributed by atoms with Gasteiger partial charge in [-0.05, 0) is 49.2 Å². The molecule has 0 radical (unpaired) electrons. The van der Waals surface area contributed by atoms with Crippen LogP contribution < -0.4 is 9.47 Å². The summed E-state index contributed by atoms with van der Waals surface area (Å²) in [5.41, 5.74) is 0.659. The molecule has 1 atom stereocenters. The molecule has 2 aliphatic heterocycles. The zero-order valence-electron chi connectivity index (χ0n) is 18.3. The van der Waals surface area contributed by atoms with Crippen LogP contribution in [-0.2, 0) is 9.53 Å². The van der Waals surface area contributed by atoms with Crippen LogP contribution in [0.15, 0.2) is 54.6 Å². The number of amides is 2. The number of ether oxygens (including phenoxy) is 3. The average Bonchev–Trinajstić information content (AvgIpc) is 2.87. The monoisotopic (exact) mass is 438 g/mol. The number of para-hydroxylation sites is 1. The van der Waals surface area contributed by atoms with E-state index in [-0.39, 0.29) is 24.3 Å². The van der Waals surface area contributed by atoms with Gasteiger partial charge in [-0.25, -0.2) is 0 Å². The highest BCUT2D eigenvalue weighted by molar-refractivity contribution is 5.94. The standard InChI is InChI=1S/C25H30N2O5/c28-24(19-32-22-6-2-1-3-7-22)27-12-4-5-20(17-27)18-31-23-10-8-21(9-11-23)25(29)26-13-15-30-16-14-26/h1-3,6-11,20H,4-5,12-19H2/t20-/m1/s1. The summed E-state index contributed by atoms with van der Waals surface area (Å²) in [4.78, 5) is 28.8. The maximum Gasteiger partial charge on any atom is 0.260 e. The molecule has 2 amide bonds. The van der Waals surface area contributed by atoms with Crippen LogP contribution in [0.25, 0.3) is 0 Å². The molecule has 0 spiro atoms. The van der Waals surface area contributed by atoms with Crippen molar-refractivity contribution in [1.29, 1.82) is 0 Å². The second-order valence-corrected chi connectivity index (χ2v) is 8.19. The molecule has 170 valence electrons. The number of benzene rings is 2. The number of rotatable bonds is 7. The maximum absolute atomic E-state index is 12.5. The summed E-state index contributed by atoms with van der Waals surface area (Å²) in [6, 6.07) is 16.7. The van der Waals surface area contributed by atoms with Gasteiger partial charge < -0.3 is 24.0 Å². The van der Waals surface area contributed by atoms with Crippen LogP contribution in [0.1, 0.15) is 23.2 Å². The first kappa shape index (κ1) is 22.1. The minimum Gasteiger partial charge on any atom is -0.493 e. The van der Waals surface area contributed by atoms with Gasteiger partial charge in [-0.1, -0.05) is 18.2 Å². The fourth-order valence-corrected chi connectivity index (χ4v) is 4.04. The lowest BCUT2D eigenvalue weighted by atomic mass is 9.99. The van der Waals surface area contributed by atoms with Crippen molar-refractivity contribution in [2.24, 2.45) is 5.92 Å². The summed E-state index contributed by atoms with van der Waals surface area (Å²) in [6.07, 6.45) is 1.98. The van der Waals surface area contributed by atoms with Gasteiger partial charge in [-0.15, -0.1) is 0 Å². The summed E-state index contributed by atoms with van der Waals surface area (Å²) in [5.74, 6) is 1.75. The normalized spacial score (nSPS) is 18.8. The van der Waals surface area contributed by atoms with Gasteiger partial charge in [0.05, 0.1) is 19.8 Å². The Bertz CT molecular complexity index is 881. The lowest BCUT2D eigenvalue weighted by molar-refractivity contribution is -0.135. The van der Waals surface area contributed by atoms with E-state index in [0.717, 1.165) is 25.1 Å². The molecule has 4 rings (SSSR count). The van der Waals surface area contributed by atoms with Crippen molar-refractivity contribution in [2.75, 3.05) is 52.6 Å². The second-order valence-electron chi connectivity index (χ2n) is 8.19. The Hall–Kier alpha value is -3.06. The Morgan fingerprint density at radius 3 is 2.34 bits per heavy atom. The van der Waals surface area contributed by atoms with Gasteiger partial charge >= 0.3 is 0 Å². The van der Waals surface area contributed by atoms with Gasteiger partial charge in [0.1, 0.15) is 11.5 Å². The molecular weight excluding hydrogens is 408 g/mol. The Morgan fingerprint density at radius 2 is 1.59 bits per heavy atom. The Morgan fingerprint density at radius 1 is 0.875 bits per heavy atom. The highest BCUT2D eigenvalue weighted by atomic mass is 16.5.